The molecule has 1 aliphatic heterocycles. The second-order valence-corrected chi connectivity index (χ2v) is 7.32. The van der Waals surface area contributed by atoms with E-state index in [1.54, 1.807) is 0 Å². The molecule has 23 heavy (non-hydrogen) atoms. The van der Waals surface area contributed by atoms with E-state index in [-0.39, 0.29) is 11.4 Å². The van der Waals surface area contributed by atoms with Gasteiger partial charge in [0.2, 0.25) is 10.0 Å². The number of hydrogen-bond donors (Lipinski definition) is 1. The Kier molecular flexibility index (Phi) is 4.71. The van der Waals surface area contributed by atoms with Gasteiger partial charge in [0, 0.05) is 18.8 Å². The summed E-state index contributed by atoms with van der Waals surface area (Å²) in [5.41, 5.74) is 0. The third kappa shape index (κ3) is 3.83. The van der Waals surface area contributed by atoms with E-state index in [9.17, 15) is 26.4 Å². The maximum atomic E-state index is 12.5. The van der Waals surface area contributed by atoms with Crippen LogP contribution in [0.3, 0.4) is 0 Å². The van der Waals surface area contributed by atoms with Crippen LogP contribution in [0, 0.1) is 5.92 Å². The quantitative estimate of drug-likeness (QED) is 0.879. The molecule has 0 saturated carbocycles. The summed E-state index contributed by atoms with van der Waals surface area (Å²) in [5, 5.41) is 12.5. The van der Waals surface area contributed by atoms with Crippen LogP contribution in [0.1, 0.15) is 19.8 Å². The molecule has 1 N–H and O–H groups in total. The second kappa shape index (κ2) is 6.11. The lowest BCUT2D eigenvalue weighted by atomic mass is 9.92. The fraction of sp³-hybridized carbons (Fsp3) is 0.667. The highest BCUT2D eigenvalue weighted by molar-refractivity contribution is 7.89. The Hall–Kier alpha value is -1.62. The van der Waals surface area contributed by atoms with E-state index >= 15 is 0 Å². The predicted molar refractivity (Wildman–Crippen MR) is 72.0 cm³/mol. The highest BCUT2D eigenvalue weighted by Gasteiger charge is 2.40. The highest BCUT2D eigenvalue weighted by Crippen LogP contribution is 2.29. The Morgan fingerprint density at radius 1 is 1.48 bits per heavy atom. The van der Waals surface area contributed by atoms with Crippen LogP contribution in [0.2, 0.25) is 0 Å². The van der Waals surface area contributed by atoms with Crippen LogP contribution in [0.5, 0.6) is 0 Å². The average molecular weight is 355 g/mol. The van der Waals surface area contributed by atoms with Crippen molar-refractivity contribution in [2.45, 2.75) is 43.4 Å². The third-order valence-electron chi connectivity index (χ3n) is 3.80. The zero-order chi connectivity index (χ0) is 17.4. The summed E-state index contributed by atoms with van der Waals surface area (Å²) in [6, 6.07) is -0.780. The largest absolute Gasteiger partial charge is 0.481 e. The Balaban J connectivity index is 2.26. The number of carbonyl (C=O) groups is 1. The van der Waals surface area contributed by atoms with Crippen molar-refractivity contribution in [3.8, 4) is 0 Å². The Morgan fingerprint density at radius 3 is 2.70 bits per heavy atom. The number of halogens is 3. The SMILES string of the molecule is C[C@@H]1[C@H](C(=O)O)CCCN1S(=O)(=O)c1cnn(CC(F)(F)F)c1. The summed E-state index contributed by atoms with van der Waals surface area (Å²) in [6.45, 7) is 0.211. The number of hydrogen-bond acceptors (Lipinski definition) is 4. The second-order valence-electron chi connectivity index (χ2n) is 5.43. The van der Waals surface area contributed by atoms with Crippen LogP contribution >= 0.6 is 0 Å². The third-order valence-corrected chi connectivity index (χ3v) is 5.74. The summed E-state index contributed by atoms with van der Waals surface area (Å²) >= 11 is 0. The van der Waals surface area contributed by atoms with Gasteiger partial charge in [0.1, 0.15) is 11.4 Å². The summed E-state index contributed by atoms with van der Waals surface area (Å²) in [7, 11) is -4.09. The average Bonchev–Trinajstić information content (AvgIpc) is 2.85. The molecule has 0 radical (unpaired) electrons. The van der Waals surface area contributed by atoms with Crippen molar-refractivity contribution in [2.24, 2.45) is 5.92 Å². The minimum Gasteiger partial charge on any atom is -0.481 e. The van der Waals surface area contributed by atoms with Crippen LogP contribution in [0.4, 0.5) is 13.2 Å². The van der Waals surface area contributed by atoms with E-state index in [1.807, 2.05) is 0 Å². The van der Waals surface area contributed by atoms with Crippen molar-refractivity contribution in [2.75, 3.05) is 6.54 Å². The van der Waals surface area contributed by atoms with Crippen molar-refractivity contribution in [1.82, 2.24) is 14.1 Å². The van der Waals surface area contributed by atoms with Crippen LogP contribution < -0.4 is 0 Å². The standard InChI is InChI=1S/C12H16F3N3O4S/c1-8-10(11(19)20)3-2-4-18(8)23(21,22)9-5-16-17(6-9)7-12(13,14)15/h5-6,8,10H,2-4,7H2,1H3,(H,19,20)/t8-,10-/m1/s1. The molecule has 0 aliphatic carbocycles. The van der Waals surface area contributed by atoms with Crippen molar-refractivity contribution in [3.63, 3.8) is 0 Å². The van der Waals surface area contributed by atoms with E-state index in [2.05, 4.69) is 5.10 Å². The minimum atomic E-state index is -4.51. The van der Waals surface area contributed by atoms with Gasteiger partial charge in [0.05, 0.1) is 12.1 Å². The molecule has 1 aromatic heterocycles. The summed E-state index contributed by atoms with van der Waals surface area (Å²) in [6.07, 6.45) is -2.13. The van der Waals surface area contributed by atoms with E-state index in [4.69, 9.17) is 5.11 Å². The smallest absolute Gasteiger partial charge is 0.408 e. The van der Waals surface area contributed by atoms with Crippen LogP contribution in [0.25, 0.3) is 0 Å². The van der Waals surface area contributed by atoms with Crippen LogP contribution in [-0.2, 0) is 21.4 Å². The van der Waals surface area contributed by atoms with Gasteiger partial charge in [-0.15, -0.1) is 0 Å². The molecule has 1 saturated heterocycles. The first-order chi connectivity index (χ1) is 10.5. The number of alkyl halides is 3. The maximum Gasteiger partial charge on any atom is 0.408 e. The van der Waals surface area contributed by atoms with Gasteiger partial charge in [-0.05, 0) is 19.8 Å². The van der Waals surface area contributed by atoms with Gasteiger partial charge < -0.3 is 5.11 Å². The molecule has 1 aliphatic rings. The Bertz CT molecular complexity index is 686. The first-order valence-electron chi connectivity index (χ1n) is 6.86. The monoisotopic (exact) mass is 355 g/mol. The zero-order valence-electron chi connectivity index (χ0n) is 12.2. The molecule has 0 spiro atoms. The highest BCUT2D eigenvalue weighted by atomic mass is 32.2. The summed E-state index contributed by atoms with van der Waals surface area (Å²) in [4.78, 5) is 10.8. The molecule has 130 valence electrons. The van der Waals surface area contributed by atoms with Crippen LogP contribution in [-0.4, -0.2) is 52.3 Å². The van der Waals surface area contributed by atoms with E-state index in [1.165, 1.54) is 6.92 Å². The summed E-state index contributed by atoms with van der Waals surface area (Å²) < 4.78 is 63.6. The molecule has 2 atom stereocenters. The number of carboxylic acid groups (broad SMARTS) is 1. The van der Waals surface area contributed by atoms with Crippen molar-refractivity contribution < 1.29 is 31.5 Å². The van der Waals surface area contributed by atoms with Gasteiger partial charge in [-0.1, -0.05) is 0 Å². The van der Waals surface area contributed by atoms with E-state index in [0.717, 1.165) is 16.7 Å². The number of rotatable bonds is 4. The van der Waals surface area contributed by atoms with Gasteiger partial charge in [0.25, 0.3) is 0 Å². The van der Waals surface area contributed by atoms with Gasteiger partial charge in [0.15, 0.2) is 0 Å². The predicted octanol–water partition coefficient (Wildman–Crippen LogP) is 1.32. The Labute approximate surface area is 130 Å². The first kappa shape index (κ1) is 17.7. The van der Waals surface area contributed by atoms with Crippen molar-refractivity contribution >= 4 is 16.0 Å². The number of nitrogens with zero attached hydrogens (tertiary/aromatic N) is 3. The van der Waals surface area contributed by atoms with Gasteiger partial charge in [-0.3, -0.25) is 9.48 Å². The summed E-state index contributed by atoms with van der Waals surface area (Å²) in [5.74, 6) is -1.94. The lowest BCUT2D eigenvalue weighted by Crippen LogP contribution is -2.48. The molecule has 7 nitrogen and oxygen atoms in total. The number of sulfonamides is 1. The molecule has 0 bridgehead atoms. The molecule has 0 unspecified atom stereocenters. The number of aromatic nitrogens is 2. The molecule has 0 aromatic carbocycles. The van der Waals surface area contributed by atoms with Gasteiger partial charge in [-0.25, -0.2) is 8.42 Å². The molecule has 0 amide bonds. The fourth-order valence-corrected chi connectivity index (χ4v) is 4.33. The van der Waals surface area contributed by atoms with E-state index < -0.39 is 40.7 Å². The zero-order valence-corrected chi connectivity index (χ0v) is 13.0. The van der Waals surface area contributed by atoms with E-state index in [0.29, 0.717) is 17.5 Å². The molecule has 2 rings (SSSR count). The van der Waals surface area contributed by atoms with Crippen molar-refractivity contribution in [1.29, 1.82) is 0 Å². The molecule has 1 aromatic rings. The number of carboxylic acids is 1. The van der Waals surface area contributed by atoms with Crippen LogP contribution in [0.15, 0.2) is 17.3 Å². The molecule has 1 fully saturated rings. The first-order valence-corrected chi connectivity index (χ1v) is 8.30. The lowest BCUT2D eigenvalue weighted by Gasteiger charge is -2.36. The minimum absolute atomic E-state index is 0.123. The van der Waals surface area contributed by atoms with Crippen molar-refractivity contribution in [3.05, 3.63) is 12.4 Å². The number of piperidine rings is 1. The molecule has 2 heterocycles. The number of aliphatic carboxylic acids is 1. The molecular weight excluding hydrogens is 339 g/mol. The van der Waals surface area contributed by atoms with Gasteiger partial charge in [-0.2, -0.15) is 22.6 Å². The molecular formula is C12H16F3N3O4S. The topological polar surface area (TPSA) is 92.5 Å². The fourth-order valence-electron chi connectivity index (χ4n) is 2.66. The maximum absolute atomic E-state index is 12.5. The molecule has 11 heteroatoms. The Morgan fingerprint density at radius 2 is 2.13 bits per heavy atom. The normalized spacial score (nSPS) is 23.8. The lowest BCUT2D eigenvalue weighted by molar-refractivity contribution is -0.145. The van der Waals surface area contributed by atoms with Gasteiger partial charge >= 0.3 is 12.1 Å².